The number of rotatable bonds is 3. The van der Waals surface area contributed by atoms with Gasteiger partial charge in [-0.25, -0.2) is 8.78 Å². The van der Waals surface area contributed by atoms with Crippen molar-refractivity contribution in [1.82, 2.24) is 5.32 Å². The lowest BCUT2D eigenvalue weighted by atomic mass is 10.0. The summed E-state index contributed by atoms with van der Waals surface area (Å²) in [5, 5.41) is 2.62. The number of ether oxygens (including phenoxy) is 1. The third kappa shape index (κ3) is 3.01. The van der Waals surface area contributed by atoms with Gasteiger partial charge in [0.05, 0.1) is 5.60 Å². The molecule has 0 saturated carbocycles. The Morgan fingerprint density at radius 1 is 1.47 bits per heavy atom. The van der Waals surface area contributed by atoms with Crippen LogP contribution in [0.25, 0.3) is 0 Å². The fourth-order valence-corrected chi connectivity index (χ4v) is 2.06. The molecule has 1 aliphatic heterocycles. The van der Waals surface area contributed by atoms with Crippen molar-refractivity contribution in [2.45, 2.75) is 25.4 Å². The first-order chi connectivity index (χ1) is 8.91. The highest BCUT2D eigenvalue weighted by Gasteiger charge is 2.30. The highest BCUT2D eigenvalue weighted by Crippen LogP contribution is 2.24. The van der Waals surface area contributed by atoms with Crippen LogP contribution in [0.5, 0.6) is 0 Å². The van der Waals surface area contributed by atoms with Crippen molar-refractivity contribution in [3.05, 3.63) is 29.3 Å². The molecule has 1 unspecified atom stereocenters. The molecule has 1 saturated heterocycles. The van der Waals surface area contributed by atoms with E-state index in [0.29, 0.717) is 13.2 Å². The van der Waals surface area contributed by atoms with Gasteiger partial charge in [-0.05, 0) is 31.9 Å². The van der Waals surface area contributed by atoms with E-state index in [-0.39, 0.29) is 5.56 Å². The molecule has 1 atom stereocenters. The zero-order valence-corrected chi connectivity index (χ0v) is 10.6. The summed E-state index contributed by atoms with van der Waals surface area (Å²) in [6, 6.07) is 1.84. The first-order valence-electron chi connectivity index (χ1n) is 6.08. The van der Waals surface area contributed by atoms with Gasteiger partial charge in [-0.3, -0.25) is 4.79 Å². The van der Waals surface area contributed by atoms with Crippen molar-refractivity contribution >= 4 is 11.6 Å². The average molecular weight is 270 g/mol. The number of hydrogen-bond acceptors (Lipinski definition) is 3. The van der Waals surface area contributed by atoms with Crippen LogP contribution in [0, 0.1) is 11.6 Å². The van der Waals surface area contributed by atoms with E-state index in [9.17, 15) is 13.6 Å². The minimum absolute atomic E-state index is 0.0919. The summed E-state index contributed by atoms with van der Waals surface area (Å²) in [5.74, 6) is -2.42. The molecule has 2 rings (SSSR count). The summed E-state index contributed by atoms with van der Waals surface area (Å²) in [6.07, 6.45) is 1.79. The minimum atomic E-state index is -0.937. The number of nitrogens with two attached hydrogens (primary N) is 1. The number of halogens is 2. The van der Waals surface area contributed by atoms with Crippen LogP contribution < -0.4 is 11.1 Å². The zero-order chi connectivity index (χ0) is 14.0. The van der Waals surface area contributed by atoms with Crippen LogP contribution in [-0.2, 0) is 4.74 Å². The van der Waals surface area contributed by atoms with Crippen molar-refractivity contribution in [1.29, 1.82) is 0 Å². The van der Waals surface area contributed by atoms with E-state index in [1.165, 1.54) is 0 Å². The SMILES string of the molecule is CC1(CNC(=O)c2cc(F)c(N)c(F)c2)CCCO1. The van der Waals surface area contributed by atoms with Gasteiger partial charge >= 0.3 is 0 Å². The van der Waals surface area contributed by atoms with Gasteiger partial charge in [0.1, 0.15) is 17.3 Å². The van der Waals surface area contributed by atoms with E-state index >= 15 is 0 Å². The maximum absolute atomic E-state index is 13.2. The van der Waals surface area contributed by atoms with Crippen LogP contribution in [0.1, 0.15) is 30.1 Å². The molecular formula is C13H16F2N2O2. The lowest BCUT2D eigenvalue weighted by Gasteiger charge is -2.23. The Morgan fingerprint density at radius 3 is 2.63 bits per heavy atom. The van der Waals surface area contributed by atoms with Crippen LogP contribution in [0.4, 0.5) is 14.5 Å². The van der Waals surface area contributed by atoms with Crippen molar-refractivity contribution in [3.63, 3.8) is 0 Å². The maximum atomic E-state index is 13.2. The Kier molecular flexibility index (Phi) is 3.71. The van der Waals surface area contributed by atoms with E-state index in [0.717, 1.165) is 25.0 Å². The molecule has 0 aliphatic carbocycles. The second-order valence-corrected chi connectivity index (χ2v) is 4.94. The first-order valence-corrected chi connectivity index (χ1v) is 6.08. The van der Waals surface area contributed by atoms with Gasteiger partial charge in [0, 0.05) is 18.7 Å². The van der Waals surface area contributed by atoms with Crippen LogP contribution in [-0.4, -0.2) is 24.7 Å². The van der Waals surface area contributed by atoms with E-state index in [1.54, 1.807) is 0 Å². The topological polar surface area (TPSA) is 64.4 Å². The van der Waals surface area contributed by atoms with Crippen molar-refractivity contribution in [2.24, 2.45) is 0 Å². The maximum Gasteiger partial charge on any atom is 0.251 e. The number of amides is 1. The Balaban J connectivity index is 2.04. The molecule has 1 heterocycles. The standard InChI is InChI=1S/C13H16F2N2O2/c1-13(3-2-4-19-13)7-17-12(18)8-5-9(14)11(16)10(15)6-8/h5-6H,2-4,7,16H2,1H3,(H,17,18). The predicted octanol–water partition coefficient (Wildman–Crippen LogP) is 1.85. The number of nitrogens with one attached hydrogen (secondary N) is 1. The zero-order valence-electron chi connectivity index (χ0n) is 10.6. The number of anilines is 1. The summed E-state index contributed by atoms with van der Waals surface area (Å²) < 4.78 is 32.0. The highest BCUT2D eigenvalue weighted by molar-refractivity contribution is 5.94. The Bertz CT molecular complexity index is 476. The van der Waals surface area contributed by atoms with Crippen LogP contribution in [0.3, 0.4) is 0 Å². The molecule has 0 aromatic heterocycles. The molecule has 1 aromatic carbocycles. The number of hydrogen-bond donors (Lipinski definition) is 2. The molecule has 19 heavy (non-hydrogen) atoms. The summed E-state index contributed by atoms with van der Waals surface area (Å²) in [7, 11) is 0. The Morgan fingerprint density at radius 2 is 2.11 bits per heavy atom. The molecule has 4 nitrogen and oxygen atoms in total. The van der Waals surface area contributed by atoms with E-state index in [2.05, 4.69) is 5.32 Å². The van der Waals surface area contributed by atoms with Gasteiger partial charge in [-0.15, -0.1) is 0 Å². The van der Waals surface area contributed by atoms with Crippen molar-refractivity contribution in [3.8, 4) is 0 Å². The van der Waals surface area contributed by atoms with E-state index in [1.807, 2.05) is 6.92 Å². The molecule has 1 fully saturated rings. The smallest absolute Gasteiger partial charge is 0.251 e. The lowest BCUT2D eigenvalue weighted by molar-refractivity contribution is 0.0206. The number of carbonyl (C=O) groups is 1. The fourth-order valence-electron chi connectivity index (χ4n) is 2.06. The summed E-state index contributed by atoms with van der Waals surface area (Å²) in [4.78, 5) is 11.8. The van der Waals surface area contributed by atoms with Gasteiger partial charge in [-0.1, -0.05) is 0 Å². The largest absolute Gasteiger partial charge is 0.394 e. The predicted molar refractivity (Wildman–Crippen MR) is 66.7 cm³/mol. The molecule has 0 bridgehead atoms. The van der Waals surface area contributed by atoms with E-state index in [4.69, 9.17) is 10.5 Å². The quantitative estimate of drug-likeness (QED) is 0.824. The molecule has 3 N–H and O–H groups in total. The van der Waals surface area contributed by atoms with Gasteiger partial charge in [0.25, 0.3) is 5.91 Å². The van der Waals surface area contributed by atoms with Crippen LogP contribution in [0.15, 0.2) is 12.1 Å². The molecule has 0 spiro atoms. The minimum Gasteiger partial charge on any atom is -0.394 e. The van der Waals surface area contributed by atoms with E-state index < -0.39 is 28.8 Å². The van der Waals surface area contributed by atoms with Gasteiger partial charge in [0.2, 0.25) is 0 Å². The van der Waals surface area contributed by atoms with Gasteiger partial charge < -0.3 is 15.8 Å². The molecule has 1 aliphatic rings. The summed E-state index contributed by atoms with van der Waals surface area (Å²) in [5.41, 5.74) is 4.07. The fraction of sp³-hybridized carbons (Fsp3) is 0.462. The molecule has 104 valence electrons. The van der Waals surface area contributed by atoms with Crippen molar-refractivity contribution in [2.75, 3.05) is 18.9 Å². The second kappa shape index (κ2) is 5.13. The molecule has 1 amide bonds. The van der Waals surface area contributed by atoms with Crippen LogP contribution >= 0.6 is 0 Å². The highest BCUT2D eigenvalue weighted by atomic mass is 19.1. The Labute approximate surface area is 109 Å². The molecule has 6 heteroatoms. The third-order valence-electron chi connectivity index (χ3n) is 3.26. The number of carbonyl (C=O) groups excluding carboxylic acids is 1. The molecule has 1 aromatic rings. The molecular weight excluding hydrogens is 254 g/mol. The third-order valence-corrected chi connectivity index (χ3v) is 3.26. The monoisotopic (exact) mass is 270 g/mol. The van der Waals surface area contributed by atoms with Gasteiger partial charge in [0.15, 0.2) is 0 Å². The second-order valence-electron chi connectivity index (χ2n) is 4.94. The summed E-state index contributed by atoms with van der Waals surface area (Å²) >= 11 is 0. The number of benzene rings is 1. The van der Waals surface area contributed by atoms with Crippen LogP contribution in [0.2, 0.25) is 0 Å². The van der Waals surface area contributed by atoms with Crippen molar-refractivity contribution < 1.29 is 18.3 Å². The normalized spacial score (nSPS) is 22.5. The average Bonchev–Trinajstić information content (AvgIpc) is 2.80. The summed E-state index contributed by atoms with van der Waals surface area (Å²) in [6.45, 7) is 2.86. The Hall–Kier alpha value is -1.69. The lowest BCUT2D eigenvalue weighted by Crippen LogP contribution is -2.40. The molecule has 0 radical (unpaired) electrons. The van der Waals surface area contributed by atoms with Gasteiger partial charge in [-0.2, -0.15) is 0 Å². The number of nitrogen functional groups attached to an aromatic ring is 1. The first kappa shape index (κ1) is 13.7.